The van der Waals surface area contributed by atoms with Gasteiger partial charge in [-0.25, -0.2) is 0 Å². The normalized spacial score (nSPS) is 14.6. The summed E-state index contributed by atoms with van der Waals surface area (Å²) in [6, 6.07) is 92.3. The van der Waals surface area contributed by atoms with Gasteiger partial charge in [-0.2, -0.15) is 0 Å². The lowest BCUT2D eigenvalue weighted by atomic mass is 9.69. The van der Waals surface area contributed by atoms with Crippen molar-refractivity contribution in [3.8, 4) is 55.6 Å². The molecule has 2 heteroatoms. The highest BCUT2D eigenvalue weighted by atomic mass is 14.9. The zero-order valence-electron chi connectivity index (χ0n) is 41.5. The van der Waals surface area contributed by atoms with Crippen LogP contribution >= 0.6 is 0 Å². The van der Waals surface area contributed by atoms with Gasteiger partial charge >= 0.3 is 0 Å². The summed E-state index contributed by atoms with van der Waals surface area (Å²) in [5, 5.41) is 15.3. The van der Waals surface area contributed by atoms with Crippen molar-refractivity contribution in [2.75, 3.05) is 0 Å². The summed E-state index contributed by atoms with van der Waals surface area (Å²) in [4.78, 5) is 0. The summed E-state index contributed by atoms with van der Waals surface area (Å²) in [5.74, 6) is 0. The average Bonchev–Trinajstić information content (AvgIpc) is 4.20. The van der Waals surface area contributed by atoms with E-state index in [0.29, 0.717) is 0 Å². The van der Waals surface area contributed by atoms with Crippen LogP contribution in [-0.2, 0) is 19.5 Å². The molecule has 0 saturated heterocycles. The molecule has 13 aromatic carbocycles. The minimum atomic E-state index is -0.567. The van der Waals surface area contributed by atoms with E-state index in [0.717, 1.165) is 0 Å². The standard InChI is InChI=1S/C73H46N2/c1-74-63-38-13-9-26-55(63)69-47(32-18-40-65(69)74)45-28-15-30-50-58(45)42-59-46(48-33-19-41-66-70(48)56-27-10-14-39-64(56)75(66)2)29-16-31-51(59)67(50)57-34-17-37-62-68(57)53-24-7-11-35-60(53)73(62)61-36-12-8-25-54(61)71-49-22-5-3-20-43(49)44-21-4-6-23-52(44)72(71)73/h3-42H,1-2H3. The maximum absolute atomic E-state index is 2.53. The predicted molar refractivity (Wildman–Crippen MR) is 317 cm³/mol. The maximum Gasteiger partial charge on any atom is 0.0731 e. The number of aryl methyl sites for hydroxylation is 2. The lowest BCUT2D eigenvalue weighted by molar-refractivity contribution is 0.802. The molecular formula is C73H46N2. The minimum absolute atomic E-state index is 0.567. The van der Waals surface area contributed by atoms with Crippen molar-refractivity contribution >= 4 is 86.7 Å². The van der Waals surface area contributed by atoms with Crippen molar-refractivity contribution in [3.63, 3.8) is 0 Å². The van der Waals surface area contributed by atoms with Crippen LogP contribution in [0.3, 0.4) is 0 Å². The van der Waals surface area contributed by atoms with Crippen LogP contribution in [0.25, 0.3) is 142 Å². The van der Waals surface area contributed by atoms with Crippen LogP contribution in [0.5, 0.6) is 0 Å². The Bertz CT molecular complexity index is 4860. The van der Waals surface area contributed by atoms with Crippen molar-refractivity contribution < 1.29 is 0 Å². The fourth-order valence-electron chi connectivity index (χ4n) is 14.9. The van der Waals surface area contributed by atoms with Crippen molar-refractivity contribution in [3.05, 3.63) is 265 Å². The Morgan fingerprint density at radius 3 is 1.19 bits per heavy atom. The Balaban J connectivity index is 1.04. The highest BCUT2D eigenvalue weighted by Gasteiger charge is 2.53. The number of aromatic nitrogens is 2. The summed E-state index contributed by atoms with van der Waals surface area (Å²) in [6.07, 6.45) is 0. The molecule has 1 atom stereocenters. The highest BCUT2D eigenvalue weighted by molar-refractivity contribution is 6.26. The van der Waals surface area contributed by atoms with Crippen LogP contribution in [0.15, 0.2) is 243 Å². The van der Waals surface area contributed by atoms with E-state index < -0.39 is 5.41 Å². The Morgan fingerprint density at radius 1 is 0.240 bits per heavy atom. The van der Waals surface area contributed by atoms with Crippen molar-refractivity contribution in [2.24, 2.45) is 14.1 Å². The predicted octanol–water partition coefficient (Wildman–Crippen LogP) is 18.9. The van der Waals surface area contributed by atoms with Crippen molar-refractivity contribution in [1.82, 2.24) is 9.13 Å². The number of hydrogen-bond donors (Lipinski definition) is 0. The molecule has 1 unspecified atom stereocenters. The molecule has 348 valence electrons. The van der Waals surface area contributed by atoms with E-state index in [1.807, 2.05) is 0 Å². The molecule has 0 radical (unpaired) electrons. The Hall–Kier alpha value is -9.50. The largest absolute Gasteiger partial charge is 0.344 e. The molecule has 2 aromatic heterocycles. The lowest BCUT2D eigenvalue weighted by Gasteiger charge is -2.32. The zero-order valence-corrected chi connectivity index (χ0v) is 41.5. The topological polar surface area (TPSA) is 9.86 Å². The maximum atomic E-state index is 2.53. The first-order chi connectivity index (χ1) is 37.1. The van der Waals surface area contributed by atoms with Crippen LogP contribution in [-0.4, -0.2) is 9.13 Å². The number of para-hydroxylation sites is 2. The first kappa shape index (κ1) is 41.0. The summed E-state index contributed by atoms with van der Waals surface area (Å²) in [6.45, 7) is 0. The third kappa shape index (κ3) is 5.09. The van der Waals surface area contributed by atoms with E-state index in [1.165, 1.54) is 165 Å². The molecule has 15 aromatic rings. The summed E-state index contributed by atoms with van der Waals surface area (Å²) >= 11 is 0. The zero-order chi connectivity index (χ0) is 49.3. The molecule has 17 rings (SSSR count). The third-order valence-corrected chi connectivity index (χ3v) is 17.7. The molecule has 0 fully saturated rings. The molecular weight excluding hydrogens is 905 g/mol. The molecule has 0 saturated carbocycles. The summed E-state index contributed by atoms with van der Waals surface area (Å²) in [5.41, 5.74) is 22.5. The summed E-state index contributed by atoms with van der Waals surface area (Å²) < 4.78 is 4.71. The van der Waals surface area contributed by atoms with E-state index in [4.69, 9.17) is 0 Å². The SMILES string of the molecule is Cn1c2ccccc2c2c(-c3cccc4c(-c5cccc6c5-c5ccccc5C65c6ccccc6-c6c5c5ccccc5c5ccccc65)c5cccc(-c6cccc7c6c6ccccc6n7C)c5cc34)cccc21. The van der Waals surface area contributed by atoms with Gasteiger partial charge in [-0.15, -0.1) is 0 Å². The summed E-state index contributed by atoms with van der Waals surface area (Å²) in [7, 11) is 4.41. The van der Waals surface area contributed by atoms with Gasteiger partial charge in [-0.05, 0) is 151 Å². The highest BCUT2D eigenvalue weighted by Crippen LogP contribution is 2.67. The van der Waals surface area contributed by atoms with Gasteiger partial charge in [0.05, 0.1) is 5.41 Å². The van der Waals surface area contributed by atoms with Crippen LogP contribution in [0.4, 0.5) is 0 Å². The van der Waals surface area contributed by atoms with E-state index >= 15 is 0 Å². The van der Waals surface area contributed by atoms with Crippen LogP contribution in [0.2, 0.25) is 0 Å². The minimum Gasteiger partial charge on any atom is -0.344 e. The van der Waals surface area contributed by atoms with Gasteiger partial charge in [0.25, 0.3) is 0 Å². The average molecular weight is 951 g/mol. The molecule has 1 spiro atoms. The second kappa shape index (κ2) is 14.8. The quantitative estimate of drug-likeness (QED) is 0.123. The van der Waals surface area contributed by atoms with E-state index in [9.17, 15) is 0 Å². The number of hydrogen-bond acceptors (Lipinski definition) is 0. The molecule has 0 aliphatic heterocycles. The van der Waals surface area contributed by atoms with Gasteiger partial charge in [-0.3, -0.25) is 0 Å². The molecule has 2 heterocycles. The smallest absolute Gasteiger partial charge is 0.0731 e. The molecule has 0 bridgehead atoms. The monoisotopic (exact) mass is 950 g/mol. The Kier molecular flexibility index (Phi) is 8.10. The van der Waals surface area contributed by atoms with Gasteiger partial charge in [0.2, 0.25) is 0 Å². The molecule has 75 heavy (non-hydrogen) atoms. The Labute approximate surface area is 433 Å². The fourth-order valence-corrected chi connectivity index (χ4v) is 14.9. The van der Waals surface area contributed by atoms with Crippen molar-refractivity contribution in [1.29, 1.82) is 0 Å². The van der Waals surface area contributed by atoms with Gasteiger partial charge < -0.3 is 9.13 Å². The Morgan fingerprint density at radius 2 is 0.600 bits per heavy atom. The molecule has 0 amide bonds. The van der Waals surface area contributed by atoms with Crippen LogP contribution < -0.4 is 0 Å². The van der Waals surface area contributed by atoms with E-state index in [-0.39, 0.29) is 0 Å². The van der Waals surface area contributed by atoms with E-state index in [1.54, 1.807) is 0 Å². The lowest BCUT2D eigenvalue weighted by Crippen LogP contribution is -2.26. The van der Waals surface area contributed by atoms with Gasteiger partial charge in [0.1, 0.15) is 0 Å². The van der Waals surface area contributed by atoms with Crippen LogP contribution in [0, 0.1) is 0 Å². The molecule has 2 nitrogen and oxygen atoms in total. The van der Waals surface area contributed by atoms with Gasteiger partial charge in [0.15, 0.2) is 0 Å². The number of fused-ring (bicyclic) bond motifs is 23. The number of rotatable bonds is 3. The molecule has 0 N–H and O–H groups in total. The van der Waals surface area contributed by atoms with Crippen molar-refractivity contribution in [2.45, 2.75) is 5.41 Å². The molecule has 2 aliphatic carbocycles. The number of benzene rings is 13. The van der Waals surface area contributed by atoms with Crippen LogP contribution in [0.1, 0.15) is 22.3 Å². The first-order valence-corrected chi connectivity index (χ1v) is 26.3. The van der Waals surface area contributed by atoms with E-state index in [2.05, 4.69) is 266 Å². The fraction of sp³-hybridized carbons (Fsp3) is 0.0411. The molecule has 2 aliphatic rings. The number of nitrogens with zero attached hydrogens (tertiary/aromatic N) is 2. The second-order valence-corrected chi connectivity index (χ2v) is 21.0. The first-order valence-electron chi connectivity index (χ1n) is 26.3. The third-order valence-electron chi connectivity index (χ3n) is 17.7. The van der Waals surface area contributed by atoms with Gasteiger partial charge in [0, 0.05) is 57.7 Å². The second-order valence-electron chi connectivity index (χ2n) is 21.0. The van der Waals surface area contributed by atoms with Gasteiger partial charge in [-0.1, -0.05) is 212 Å².